The van der Waals surface area contributed by atoms with Gasteiger partial charge < -0.3 is 96.0 Å². The van der Waals surface area contributed by atoms with E-state index in [1.165, 1.54) is 55.4 Å². The molecule has 1 fully saturated rings. The Hall–Kier alpha value is -9.84. The van der Waals surface area contributed by atoms with Crippen molar-refractivity contribution in [1.82, 2.24) is 14.5 Å². The number of esters is 13. The number of nitrogens with zero attached hydrogens (tertiary/aromatic N) is 3. The van der Waals surface area contributed by atoms with Crippen molar-refractivity contribution < 1.29 is 154 Å². The fourth-order valence-corrected chi connectivity index (χ4v) is 7.28. The topological polar surface area (TPSA) is 462 Å². The first-order valence-electron chi connectivity index (χ1n) is 31.8. The molecule has 3 rings (SSSR count). The number of aromatic nitrogens is 2. The molecule has 0 amide bonds. The molecule has 0 spiro atoms. The molecule has 1 saturated heterocycles. The average Bonchev–Trinajstić information content (AvgIpc) is 1.83. The summed E-state index contributed by atoms with van der Waals surface area (Å²) < 4.78 is 73.6. The minimum Gasteiger partial charge on any atom is -0.466 e. The van der Waals surface area contributed by atoms with Gasteiger partial charge in [-0.3, -0.25) is 9.69 Å². The van der Waals surface area contributed by atoms with Crippen LogP contribution in [0, 0.1) is 27.6 Å². The lowest BCUT2D eigenvalue weighted by Crippen LogP contribution is -2.42. The molecule has 1 aromatic rings. The number of carbonyl (C=O) groups excluding carboxylic acids is 13. The van der Waals surface area contributed by atoms with Gasteiger partial charge in [0.15, 0.2) is 36.8 Å². The Morgan fingerprint density at radius 1 is 0.476 bits per heavy atom. The molecule has 0 radical (unpaired) electrons. The van der Waals surface area contributed by atoms with Crippen LogP contribution in [-0.2, 0) is 140 Å². The first-order valence-corrected chi connectivity index (χ1v) is 31.8. The Balaban J connectivity index is 0.00000135. The van der Waals surface area contributed by atoms with Crippen LogP contribution in [0.2, 0.25) is 0 Å². The van der Waals surface area contributed by atoms with Crippen molar-refractivity contribution in [3.05, 3.63) is 91.4 Å². The summed E-state index contributed by atoms with van der Waals surface area (Å²) in [6.45, 7) is 22.3. The molecule has 1 aromatic heterocycles. The van der Waals surface area contributed by atoms with E-state index >= 15 is 0 Å². The van der Waals surface area contributed by atoms with E-state index in [1.807, 2.05) is 4.57 Å². The lowest BCUT2D eigenvalue weighted by molar-refractivity contribution is -0.181. The van der Waals surface area contributed by atoms with Crippen molar-refractivity contribution >= 4 is 77.6 Å². The predicted octanol–water partition coefficient (Wildman–Crippen LogP) is 2.44. The Morgan fingerprint density at radius 3 is 1.15 bits per heavy atom. The number of aliphatic hydroxyl groups is 4. The van der Waals surface area contributed by atoms with Crippen molar-refractivity contribution in [2.45, 2.75) is 133 Å². The number of methoxy groups -OCH3 is 4. The highest BCUT2D eigenvalue weighted by atomic mass is 16.7. The summed E-state index contributed by atoms with van der Waals surface area (Å²) in [4.78, 5) is 155. The highest BCUT2D eigenvalue weighted by Gasteiger charge is 2.40. The lowest BCUT2D eigenvalue weighted by atomic mass is 9.87. The molecule has 0 aliphatic carbocycles. The van der Waals surface area contributed by atoms with Crippen LogP contribution in [0.5, 0.6) is 0 Å². The molecule has 0 aromatic carbocycles. The Labute approximate surface area is 596 Å². The maximum atomic E-state index is 12.0. The lowest BCUT2D eigenvalue weighted by Gasteiger charge is -2.29. The molecule has 35 heteroatoms. The van der Waals surface area contributed by atoms with E-state index in [-0.39, 0.29) is 63.9 Å². The third-order valence-corrected chi connectivity index (χ3v) is 14.0. The Bertz CT molecular complexity index is 3110. The second-order valence-corrected chi connectivity index (χ2v) is 25.2. The van der Waals surface area contributed by atoms with Gasteiger partial charge >= 0.3 is 77.6 Å². The van der Waals surface area contributed by atoms with Gasteiger partial charge in [0.2, 0.25) is 6.79 Å². The number of allylic oxidation sites excluding steroid dienone is 1. The number of likely N-dealkylation sites (tertiary alicyclic amines) is 1. The zero-order chi connectivity index (χ0) is 78.7. The number of aryl methyl sites for hydroxylation is 1. The van der Waals surface area contributed by atoms with Crippen LogP contribution >= 0.6 is 0 Å². The number of hydrogen-bond acceptors (Lipinski definition) is 34. The van der Waals surface area contributed by atoms with Crippen LogP contribution in [0.4, 0.5) is 0 Å². The number of piperidine rings is 1. The summed E-state index contributed by atoms with van der Waals surface area (Å²) in [5, 5.41) is 40.4. The number of hydrogen-bond donors (Lipinski definition) is 4. The second-order valence-electron chi connectivity index (χ2n) is 25.2. The highest BCUT2D eigenvalue weighted by molar-refractivity contribution is 5.93. The maximum Gasteiger partial charge on any atom is 0.338 e. The van der Waals surface area contributed by atoms with Crippen molar-refractivity contribution in [1.29, 1.82) is 0 Å². The van der Waals surface area contributed by atoms with Gasteiger partial charge in [0.25, 0.3) is 5.95 Å². The SMILES string of the molecule is C=C1OC(C)=C(COC(=O)C(O)C(C)(C)COC(=O)C=CC(=O)OC)O1.COC(=O)C=CC(=O)OCC(C)(C)C(O)C(=O)OCCCn1ccnc1.COC(=O)C=CC(=O)OCC(C)(C)C(O)C(=O)OCCN1CCCCC1.COC(=O)C=CC(=O)OCC(C)(C)C(O)C(=O)OCOC(=O)C(C)C. The van der Waals surface area contributed by atoms with Gasteiger partial charge in [-0.2, -0.15) is 0 Å². The van der Waals surface area contributed by atoms with Gasteiger partial charge in [-0.1, -0.05) is 75.7 Å². The smallest absolute Gasteiger partial charge is 0.338 e. The van der Waals surface area contributed by atoms with Crippen LogP contribution in [-0.4, -0.2) is 238 Å². The molecule has 4 N–H and O–H groups in total. The van der Waals surface area contributed by atoms with E-state index in [4.69, 9.17) is 42.6 Å². The molecule has 578 valence electrons. The van der Waals surface area contributed by atoms with Gasteiger partial charge in [0, 0.05) is 95.8 Å². The average molecular weight is 1470 g/mol. The number of rotatable bonds is 36. The van der Waals surface area contributed by atoms with E-state index in [1.54, 1.807) is 67.2 Å². The van der Waals surface area contributed by atoms with E-state index < -0.39 is 130 Å². The number of carbonyl (C=O) groups is 13. The summed E-state index contributed by atoms with van der Waals surface area (Å²) >= 11 is 0. The monoisotopic (exact) mass is 1470 g/mol. The van der Waals surface area contributed by atoms with Crippen molar-refractivity contribution in [3.63, 3.8) is 0 Å². The van der Waals surface area contributed by atoms with Gasteiger partial charge in [-0.25, -0.2) is 62.5 Å². The van der Waals surface area contributed by atoms with Crippen molar-refractivity contribution in [3.8, 4) is 0 Å². The van der Waals surface area contributed by atoms with Crippen molar-refractivity contribution in [2.75, 3.05) is 101 Å². The standard InChI is InChI=1S/C18H29NO7.C17H24N2O7.C17H22O9.C16H24O9/c1-18(2,13-26-15(21)8-7-14(20)24-3)16(22)17(23)25-12-11-19-9-5-4-6-10-19;1-17(2,11-26-14(21)6-5-13(20)24-3)15(22)16(23)25-10-4-8-19-9-7-18-12-19;1-10-12(26-11(2)25-10)8-23-16(21)15(20)17(3,4)9-24-14(19)7-6-13(18)22-5;1-10(2)14(20)24-9-25-15(21)13(19)16(3,4)8-23-12(18)7-6-11(17)22-5/h7-8,16,22H,4-6,9-13H2,1-3H3;5-7,9,12,15,22H,4,8,10-11H2,1-3H3;6-7,15,20H,2,8-9H2,1,3-5H3;6-7,10,13,19H,8-9H2,1-5H3. The van der Waals surface area contributed by atoms with Crippen LogP contribution in [0.1, 0.15) is 102 Å². The van der Waals surface area contributed by atoms with Crippen LogP contribution in [0.3, 0.4) is 0 Å². The summed E-state index contributed by atoms with van der Waals surface area (Å²) in [7, 11) is 4.69. The van der Waals surface area contributed by atoms with Crippen LogP contribution in [0.25, 0.3) is 0 Å². The fraction of sp³-hybridized carbons (Fsp3) is 0.588. The van der Waals surface area contributed by atoms with E-state index in [2.05, 4.69) is 44.9 Å². The first kappa shape index (κ1) is 93.2. The zero-order valence-electron chi connectivity index (χ0n) is 60.8. The molecule has 103 heavy (non-hydrogen) atoms. The quantitative estimate of drug-likeness (QED) is 0.0246. The highest BCUT2D eigenvalue weighted by Crippen LogP contribution is 2.28. The Morgan fingerprint density at radius 2 is 0.816 bits per heavy atom. The molecule has 3 heterocycles. The minimum atomic E-state index is -1.62. The van der Waals surface area contributed by atoms with Gasteiger partial charge in [0.1, 0.15) is 12.4 Å². The first-order chi connectivity index (χ1) is 48.1. The molecule has 4 unspecified atom stereocenters. The van der Waals surface area contributed by atoms with E-state index in [0.29, 0.717) is 25.3 Å². The van der Waals surface area contributed by atoms with Crippen molar-refractivity contribution in [2.24, 2.45) is 27.6 Å². The van der Waals surface area contributed by atoms with Crippen LogP contribution in [0.15, 0.2) is 91.4 Å². The zero-order valence-corrected chi connectivity index (χ0v) is 60.8. The minimum absolute atomic E-state index is 0.0707. The summed E-state index contributed by atoms with van der Waals surface area (Å²) in [6.07, 6.45) is 10.3. The summed E-state index contributed by atoms with van der Waals surface area (Å²) in [5.74, 6) is -9.69. The van der Waals surface area contributed by atoms with Crippen LogP contribution < -0.4 is 0 Å². The van der Waals surface area contributed by atoms with E-state index in [0.717, 1.165) is 81.6 Å². The molecule has 2 aliphatic heterocycles. The maximum absolute atomic E-state index is 12.0. The molecular weight excluding hydrogens is 1370 g/mol. The number of ether oxygens (including phenoxy) is 15. The molecule has 4 atom stereocenters. The molecule has 0 bridgehead atoms. The molecule has 0 saturated carbocycles. The normalized spacial score (nSPS) is 14.4. The number of imidazole rings is 1. The third kappa shape index (κ3) is 39.8. The fourth-order valence-electron chi connectivity index (χ4n) is 7.28. The van der Waals surface area contributed by atoms with E-state index in [9.17, 15) is 82.8 Å². The van der Waals surface area contributed by atoms with Gasteiger partial charge in [0.05, 0.1) is 73.7 Å². The second kappa shape index (κ2) is 48.1. The summed E-state index contributed by atoms with van der Waals surface area (Å²) in [5.41, 5.74) is -4.40. The van der Waals surface area contributed by atoms with Gasteiger partial charge in [-0.05, 0) is 45.9 Å². The largest absolute Gasteiger partial charge is 0.466 e. The molecule has 2 aliphatic rings. The third-order valence-electron chi connectivity index (χ3n) is 14.0. The molecular formula is C68H99N3O32. The Kier molecular flexibility index (Phi) is 43.5. The van der Waals surface area contributed by atoms with Gasteiger partial charge in [-0.15, -0.1) is 0 Å². The predicted molar refractivity (Wildman–Crippen MR) is 354 cm³/mol. The summed E-state index contributed by atoms with van der Waals surface area (Å²) in [6, 6.07) is 0. The molecule has 35 nitrogen and oxygen atoms in total. The number of aliphatic hydroxyl groups excluding tert-OH is 4.